The second kappa shape index (κ2) is 7.78. The van der Waals surface area contributed by atoms with E-state index < -0.39 is 5.97 Å². The van der Waals surface area contributed by atoms with Crippen molar-refractivity contribution in [3.63, 3.8) is 0 Å². The van der Waals surface area contributed by atoms with Gasteiger partial charge < -0.3 is 9.57 Å². The molecule has 0 aliphatic carbocycles. The van der Waals surface area contributed by atoms with E-state index in [-0.39, 0.29) is 6.10 Å². The van der Waals surface area contributed by atoms with Crippen LogP contribution >= 0.6 is 11.8 Å². The van der Waals surface area contributed by atoms with E-state index in [2.05, 4.69) is 9.97 Å². The molecule has 0 radical (unpaired) electrons. The predicted octanol–water partition coefficient (Wildman–Crippen LogP) is 3.83. The van der Waals surface area contributed by atoms with Crippen LogP contribution in [0.4, 0.5) is 0 Å². The zero-order valence-corrected chi connectivity index (χ0v) is 16.0. The standard InChI is InChI=1S/C19H21N3O3S/c1-5-24-22-11-15(13-8-6-7-9-16(13)22)17-14(18(23)25-12(2)3)10-20-19(21-17)26-4/h6-12H,5H2,1-4H3. The van der Waals surface area contributed by atoms with Crippen molar-refractivity contribution < 1.29 is 14.4 Å². The van der Waals surface area contributed by atoms with Crippen molar-refractivity contribution >= 4 is 28.6 Å². The Balaban J connectivity index is 2.22. The molecule has 6 nitrogen and oxygen atoms in total. The minimum Gasteiger partial charge on any atom is -0.459 e. The molecule has 2 heterocycles. The first kappa shape index (κ1) is 18.3. The summed E-state index contributed by atoms with van der Waals surface area (Å²) in [6.45, 7) is 6.09. The average Bonchev–Trinajstić information content (AvgIpc) is 3.00. The first-order valence-electron chi connectivity index (χ1n) is 8.40. The van der Waals surface area contributed by atoms with Gasteiger partial charge in [0.25, 0.3) is 0 Å². The Morgan fingerprint density at radius 1 is 1.31 bits per heavy atom. The van der Waals surface area contributed by atoms with Crippen molar-refractivity contribution in [2.24, 2.45) is 0 Å². The van der Waals surface area contributed by atoms with Crippen molar-refractivity contribution in [3.8, 4) is 11.3 Å². The van der Waals surface area contributed by atoms with Gasteiger partial charge in [-0.05, 0) is 33.1 Å². The summed E-state index contributed by atoms with van der Waals surface area (Å²) >= 11 is 1.42. The molecule has 0 N–H and O–H groups in total. The summed E-state index contributed by atoms with van der Waals surface area (Å²) in [6, 6.07) is 7.85. The molecule has 0 aliphatic heterocycles. The Morgan fingerprint density at radius 3 is 2.77 bits per heavy atom. The number of para-hydroxylation sites is 1. The quantitative estimate of drug-likeness (QED) is 0.373. The number of carbonyl (C=O) groups is 1. The summed E-state index contributed by atoms with van der Waals surface area (Å²) in [5.74, 6) is -0.434. The second-order valence-corrected chi connectivity index (χ2v) is 6.65. The maximum atomic E-state index is 12.6. The van der Waals surface area contributed by atoms with Crippen LogP contribution in [0, 0.1) is 0 Å². The van der Waals surface area contributed by atoms with E-state index in [9.17, 15) is 4.79 Å². The highest BCUT2D eigenvalue weighted by Crippen LogP contribution is 2.32. The van der Waals surface area contributed by atoms with Crippen LogP contribution in [0.3, 0.4) is 0 Å². The van der Waals surface area contributed by atoms with Gasteiger partial charge in [-0.15, -0.1) is 0 Å². The third-order valence-corrected chi connectivity index (χ3v) is 4.28. The molecule has 3 rings (SSSR count). The molecule has 0 amide bonds. The molecule has 0 atom stereocenters. The van der Waals surface area contributed by atoms with E-state index in [4.69, 9.17) is 9.57 Å². The van der Waals surface area contributed by atoms with E-state index in [1.165, 1.54) is 18.0 Å². The van der Waals surface area contributed by atoms with Crippen molar-refractivity contribution in [2.75, 3.05) is 12.9 Å². The van der Waals surface area contributed by atoms with Gasteiger partial charge in [0, 0.05) is 17.1 Å². The van der Waals surface area contributed by atoms with Crippen molar-refractivity contribution in [3.05, 3.63) is 42.2 Å². The monoisotopic (exact) mass is 371 g/mol. The molecule has 1 aromatic carbocycles. The molecule has 26 heavy (non-hydrogen) atoms. The molecule has 3 aromatic rings. The topological polar surface area (TPSA) is 66.2 Å². The number of nitrogens with zero attached hydrogens (tertiary/aromatic N) is 3. The van der Waals surface area contributed by atoms with Gasteiger partial charge in [-0.2, -0.15) is 4.73 Å². The fourth-order valence-corrected chi connectivity index (χ4v) is 3.02. The first-order chi connectivity index (χ1) is 12.5. The van der Waals surface area contributed by atoms with Crippen LogP contribution in [0.2, 0.25) is 0 Å². The maximum absolute atomic E-state index is 12.6. The third-order valence-electron chi connectivity index (χ3n) is 3.71. The lowest BCUT2D eigenvalue weighted by Crippen LogP contribution is -2.14. The number of fused-ring (bicyclic) bond motifs is 1. The van der Waals surface area contributed by atoms with E-state index in [0.717, 1.165) is 16.5 Å². The van der Waals surface area contributed by atoms with Gasteiger partial charge in [-0.3, -0.25) is 0 Å². The highest BCUT2D eigenvalue weighted by Gasteiger charge is 2.22. The Labute approximate surface area is 156 Å². The van der Waals surface area contributed by atoms with Gasteiger partial charge in [0.1, 0.15) is 12.2 Å². The van der Waals surface area contributed by atoms with E-state index in [1.54, 1.807) is 4.73 Å². The molecular weight excluding hydrogens is 350 g/mol. The number of rotatable bonds is 6. The van der Waals surface area contributed by atoms with E-state index in [0.29, 0.717) is 23.0 Å². The van der Waals surface area contributed by atoms with Crippen LogP contribution < -0.4 is 4.84 Å². The normalized spacial score (nSPS) is 11.1. The Bertz CT molecular complexity index is 937. The minimum atomic E-state index is -0.434. The molecule has 0 fully saturated rings. The van der Waals surface area contributed by atoms with Gasteiger partial charge in [-0.1, -0.05) is 30.0 Å². The smallest absolute Gasteiger partial charge is 0.342 e. The fourth-order valence-electron chi connectivity index (χ4n) is 2.68. The van der Waals surface area contributed by atoms with Crippen LogP contribution in [-0.2, 0) is 4.74 Å². The fraction of sp³-hybridized carbons (Fsp3) is 0.316. The number of benzene rings is 1. The number of hydrogen-bond donors (Lipinski definition) is 0. The summed E-state index contributed by atoms with van der Waals surface area (Å²) in [7, 11) is 0. The second-order valence-electron chi connectivity index (χ2n) is 5.88. The zero-order chi connectivity index (χ0) is 18.7. The number of ether oxygens (including phenoxy) is 1. The molecule has 2 aromatic heterocycles. The van der Waals surface area contributed by atoms with Gasteiger partial charge in [0.15, 0.2) is 5.16 Å². The first-order valence-corrected chi connectivity index (χ1v) is 9.63. The van der Waals surface area contributed by atoms with Crippen molar-refractivity contribution in [1.29, 1.82) is 0 Å². The van der Waals surface area contributed by atoms with E-state index >= 15 is 0 Å². The largest absolute Gasteiger partial charge is 0.459 e. The third kappa shape index (κ3) is 3.53. The van der Waals surface area contributed by atoms with Crippen molar-refractivity contribution in [2.45, 2.75) is 32.0 Å². The van der Waals surface area contributed by atoms with Gasteiger partial charge in [-0.25, -0.2) is 14.8 Å². The number of aromatic nitrogens is 3. The molecule has 0 spiro atoms. The average molecular weight is 371 g/mol. The predicted molar refractivity (Wildman–Crippen MR) is 102 cm³/mol. The summed E-state index contributed by atoms with van der Waals surface area (Å²) in [6.07, 6.45) is 5.06. The summed E-state index contributed by atoms with van der Waals surface area (Å²) in [4.78, 5) is 27.1. The van der Waals surface area contributed by atoms with Crippen molar-refractivity contribution in [1.82, 2.24) is 14.7 Å². The van der Waals surface area contributed by atoms with E-state index in [1.807, 2.05) is 57.5 Å². The maximum Gasteiger partial charge on any atom is 0.342 e. The van der Waals surface area contributed by atoms with Crippen LogP contribution in [0.25, 0.3) is 22.2 Å². The van der Waals surface area contributed by atoms with Crippen LogP contribution in [0.15, 0.2) is 41.8 Å². The Hall–Kier alpha value is -2.54. The minimum absolute atomic E-state index is 0.222. The lowest BCUT2D eigenvalue weighted by atomic mass is 10.1. The van der Waals surface area contributed by atoms with Gasteiger partial charge in [0.05, 0.1) is 23.5 Å². The summed E-state index contributed by atoms with van der Waals surface area (Å²) < 4.78 is 7.09. The van der Waals surface area contributed by atoms with Crippen LogP contribution in [-0.4, -0.2) is 39.6 Å². The lowest BCUT2D eigenvalue weighted by Gasteiger charge is -2.11. The molecule has 0 unspecified atom stereocenters. The van der Waals surface area contributed by atoms with Crippen LogP contribution in [0.5, 0.6) is 0 Å². The molecule has 0 saturated carbocycles. The highest BCUT2D eigenvalue weighted by molar-refractivity contribution is 7.98. The molecule has 7 heteroatoms. The number of esters is 1. The molecular formula is C19H21N3O3S. The van der Waals surface area contributed by atoms with Gasteiger partial charge >= 0.3 is 5.97 Å². The highest BCUT2D eigenvalue weighted by atomic mass is 32.2. The number of hydrogen-bond acceptors (Lipinski definition) is 6. The molecule has 0 bridgehead atoms. The Kier molecular flexibility index (Phi) is 5.46. The molecule has 136 valence electrons. The SMILES string of the molecule is CCOn1cc(-c2nc(SC)ncc2C(=O)OC(C)C)c2ccccc21. The molecule has 0 aliphatic rings. The number of thioether (sulfide) groups is 1. The Morgan fingerprint density at radius 2 is 2.08 bits per heavy atom. The molecule has 0 saturated heterocycles. The summed E-state index contributed by atoms with van der Waals surface area (Å²) in [5.41, 5.74) is 2.61. The lowest BCUT2D eigenvalue weighted by molar-refractivity contribution is 0.0377. The number of carbonyl (C=O) groups excluding carboxylic acids is 1. The van der Waals surface area contributed by atoms with Crippen LogP contribution in [0.1, 0.15) is 31.1 Å². The van der Waals surface area contributed by atoms with Gasteiger partial charge in [0.2, 0.25) is 0 Å². The zero-order valence-electron chi connectivity index (χ0n) is 15.2. The summed E-state index contributed by atoms with van der Waals surface area (Å²) in [5, 5.41) is 1.54.